The third kappa shape index (κ3) is 5.79. The van der Waals surface area contributed by atoms with E-state index >= 15 is 0 Å². The highest BCUT2D eigenvalue weighted by Gasteiger charge is 2.24. The molecule has 30 heavy (non-hydrogen) atoms. The lowest BCUT2D eigenvalue weighted by Crippen LogP contribution is -2.23. The van der Waals surface area contributed by atoms with Gasteiger partial charge in [-0.15, -0.1) is 21.5 Å². The molecule has 0 aliphatic rings. The van der Waals surface area contributed by atoms with Crippen LogP contribution in [0.15, 0.2) is 41.0 Å². The van der Waals surface area contributed by atoms with Gasteiger partial charge in [0.1, 0.15) is 11.6 Å². The van der Waals surface area contributed by atoms with Crippen molar-refractivity contribution in [3.63, 3.8) is 0 Å². The van der Waals surface area contributed by atoms with Gasteiger partial charge in [-0.25, -0.2) is 9.37 Å². The average molecular weight is 450 g/mol. The lowest BCUT2D eigenvalue weighted by atomic mass is 10.2. The number of hydrogen-bond donors (Lipinski definition) is 1. The molecule has 2 heterocycles. The zero-order chi connectivity index (χ0) is 21.7. The van der Waals surface area contributed by atoms with E-state index in [0.717, 1.165) is 0 Å². The summed E-state index contributed by atoms with van der Waals surface area (Å²) in [6.07, 6.45) is 1.25. The molecular weight excluding hydrogens is 425 g/mol. The van der Waals surface area contributed by atoms with Crippen LogP contribution in [0, 0.1) is 11.7 Å². The Balaban J connectivity index is 1.75. The molecular formula is C20H24FN5O2S2. The first-order chi connectivity index (χ1) is 14.3. The molecule has 0 fully saturated rings. The van der Waals surface area contributed by atoms with E-state index < -0.39 is 6.10 Å². The average Bonchev–Trinajstić information content (AvgIpc) is 3.33. The standard InChI is InChI=1S/C20H24FN5O2S2/c1-12(2)11-26-17(13(3)28-16-7-5-15(21)6-8-16)24-25-20(26)30-14(4)18(27)23-19-22-9-10-29-19/h5-10,12-14H,11H2,1-4H3,(H,22,23,27). The molecule has 0 spiro atoms. The zero-order valence-corrected chi connectivity index (χ0v) is 18.8. The predicted octanol–water partition coefficient (Wildman–Crippen LogP) is 4.79. The second-order valence-electron chi connectivity index (χ2n) is 7.15. The SMILES string of the molecule is CC(C)Cn1c(SC(C)C(=O)Nc2nccs2)nnc1C(C)Oc1ccc(F)cc1. The van der Waals surface area contributed by atoms with Gasteiger partial charge in [-0.1, -0.05) is 25.6 Å². The third-order valence-corrected chi connectivity index (χ3v) is 5.87. The lowest BCUT2D eigenvalue weighted by molar-refractivity contribution is -0.115. The van der Waals surface area contributed by atoms with Gasteiger partial charge < -0.3 is 14.6 Å². The molecule has 0 saturated carbocycles. The number of nitrogens with one attached hydrogen (secondary N) is 1. The van der Waals surface area contributed by atoms with Crippen LogP contribution < -0.4 is 10.1 Å². The van der Waals surface area contributed by atoms with Crippen LogP contribution in [0.5, 0.6) is 5.75 Å². The van der Waals surface area contributed by atoms with Crippen LogP contribution in [-0.2, 0) is 11.3 Å². The molecule has 2 aromatic heterocycles. The number of benzene rings is 1. The number of nitrogens with zero attached hydrogens (tertiary/aromatic N) is 4. The molecule has 1 aromatic carbocycles. The topological polar surface area (TPSA) is 81.9 Å². The molecule has 3 aromatic rings. The number of thiazole rings is 1. The number of ether oxygens (including phenoxy) is 1. The number of thioether (sulfide) groups is 1. The highest BCUT2D eigenvalue weighted by Crippen LogP contribution is 2.28. The van der Waals surface area contributed by atoms with Gasteiger partial charge in [0.2, 0.25) is 5.91 Å². The summed E-state index contributed by atoms with van der Waals surface area (Å²) in [5.41, 5.74) is 0. The van der Waals surface area contributed by atoms with Crippen molar-refractivity contribution in [3.8, 4) is 5.75 Å². The molecule has 1 amide bonds. The van der Waals surface area contributed by atoms with Gasteiger partial charge >= 0.3 is 0 Å². The summed E-state index contributed by atoms with van der Waals surface area (Å²) in [6, 6.07) is 5.86. The Labute approximate surface area is 183 Å². The number of rotatable bonds is 9. The quantitative estimate of drug-likeness (QED) is 0.473. The Morgan fingerprint density at radius 3 is 2.60 bits per heavy atom. The van der Waals surface area contributed by atoms with Gasteiger partial charge in [0.25, 0.3) is 0 Å². The van der Waals surface area contributed by atoms with Crippen molar-refractivity contribution in [1.82, 2.24) is 19.7 Å². The fourth-order valence-corrected chi connectivity index (χ4v) is 4.10. The summed E-state index contributed by atoms with van der Waals surface area (Å²) in [6.45, 7) is 8.57. The fourth-order valence-electron chi connectivity index (χ4n) is 2.70. The van der Waals surface area contributed by atoms with E-state index in [2.05, 4.69) is 34.3 Å². The Hall–Kier alpha value is -2.46. The van der Waals surface area contributed by atoms with Crippen molar-refractivity contribution in [3.05, 3.63) is 47.5 Å². The number of carbonyl (C=O) groups is 1. The van der Waals surface area contributed by atoms with E-state index in [9.17, 15) is 9.18 Å². The first kappa shape index (κ1) is 22.2. The van der Waals surface area contributed by atoms with Gasteiger partial charge in [-0.2, -0.15) is 0 Å². The van der Waals surface area contributed by atoms with Crippen molar-refractivity contribution < 1.29 is 13.9 Å². The van der Waals surface area contributed by atoms with E-state index in [1.165, 1.54) is 35.2 Å². The van der Waals surface area contributed by atoms with Crippen molar-refractivity contribution in [2.75, 3.05) is 5.32 Å². The molecule has 0 bridgehead atoms. The van der Waals surface area contributed by atoms with E-state index in [0.29, 0.717) is 34.3 Å². The molecule has 0 radical (unpaired) electrons. The largest absolute Gasteiger partial charge is 0.483 e. The molecule has 7 nitrogen and oxygen atoms in total. The summed E-state index contributed by atoms with van der Waals surface area (Å²) >= 11 is 2.71. The second kappa shape index (κ2) is 10.0. The molecule has 3 rings (SSSR count). The summed E-state index contributed by atoms with van der Waals surface area (Å²) in [7, 11) is 0. The van der Waals surface area contributed by atoms with Crippen molar-refractivity contribution in [2.24, 2.45) is 5.92 Å². The summed E-state index contributed by atoms with van der Waals surface area (Å²) < 4.78 is 21.1. The molecule has 0 aliphatic carbocycles. The highest BCUT2D eigenvalue weighted by atomic mass is 32.2. The van der Waals surface area contributed by atoms with Crippen LogP contribution >= 0.6 is 23.1 Å². The van der Waals surface area contributed by atoms with E-state index in [4.69, 9.17) is 4.74 Å². The Kier molecular flexibility index (Phi) is 7.43. The number of aromatic nitrogens is 4. The lowest BCUT2D eigenvalue weighted by Gasteiger charge is -2.18. The predicted molar refractivity (Wildman–Crippen MR) is 116 cm³/mol. The maximum Gasteiger partial charge on any atom is 0.239 e. The van der Waals surface area contributed by atoms with Gasteiger partial charge in [0.15, 0.2) is 22.2 Å². The minimum absolute atomic E-state index is 0.147. The first-order valence-corrected chi connectivity index (χ1v) is 11.3. The van der Waals surface area contributed by atoms with Crippen molar-refractivity contribution in [1.29, 1.82) is 0 Å². The van der Waals surface area contributed by atoms with Crippen LogP contribution in [0.2, 0.25) is 0 Å². The van der Waals surface area contributed by atoms with E-state index in [1.54, 1.807) is 18.3 Å². The summed E-state index contributed by atoms with van der Waals surface area (Å²) in [4.78, 5) is 16.6. The molecule has 2 atom stereocenters. The van der Waals surface area contributed by atoms with Crippen molar-refractivity contribution >= 4 is 34.1 Å². The van der Waals surface area contributed by atoms with Crippen LogP contribution in [0.1, 0.15) is 39.6 Å². The van der Waals surface area contributed by atoms with Gasteiger partial charge in [0.05, 0.1) is 5.25 Å². The maximum absolute atomic E-state index is 13.1. The maximum atomic E-state index is 13.1. The Morgan fingerprint density at radius 1 is 1.23 bits per heavy atom. The van der Waals surface area contributed by atoms with Crippen molar-refractivity contribution in [2.45, 2.75) is 50.8 Å². The summed E-state index contributed by atoms with van der Waals surface area (Å²) in [5, 5.41) is 14.1. The third-order valence-electron chi connectivity index (χ3n) is 4.10. The normalized spacial score (nSPS) is 13.3. The first-order valence-electron chi connectivity index (χ1n) is 9.55. The molecule has 0 aliphatic heterocycles. The molecule has 160 valence electrons. The number of carbonyl (C=O) groups excluding carboxylic acids is 1. The van der Waals surface area contributed by atoms with Crippen LogP contribution in [0.3, 0.4) is 0 Å². The van der Waals surface area contributed by atoms with Gasteiger partial charge in [0, 0.05) is 18.1 Å². The molecule has 2 unspecified atom stereocenters. The second-order valence-corrected chi connectivity index (χ2v) is 9.35. The Bertz CT molecular complexity index is 960. The minimum Gasteiger partial charge on any atom is -0.483 e. The zero-order valence-electron chi connectivity index (χ0n) is 17.2. The molecule has 1 N–H and O–H groups in total. The van der Waals surface area contributed by atoms with Crippen LogP contribution in [-0.4, -0.2) is 30.9 Å². The molecule has 0 saturated heterocycles. The van der Waals surface area contributed by atoms with Gasteiger partial charge in [-0.3, -0.25) is 4.79 Å². The fraction of sp³-hybridized carbons (Fsp3) is 0.400. The number of halogens is 1. The molecule has 10 heteroatoms. The Morgan fingerprint density at radius 2 is 1.97 bits per heavy atom. The summed E-state index contributed by atoms with van der Waals surface area (Å²) in [5.74, 6) is 1.08. The number of amides is 1. The van der Waals surface area contributed by atoms with Crippen LogP contribution in [0.25, 0.3) is 0 Å². The minimum atomic E-state index is -0.393. The number of anilines is 1. The highest BCUT2D eigenvalue weighted by molar-refractivity contribution is 8.00. The van der Waals surface area contributed by atoms with E-state index in [1.807, 2.05) is 23.8 Å². The monoisotopic (exact) mass is 449 g/mol. The van der Waals surface area contributed by atoms with E-state index in [-0.39, 0.29) is 17.0 Å². The van der Waals surface area contributed by atoms with Crippen LogP contribution in [0.4, 0.5) is 9.52 Å². The van der Waals surface area contributed by atoms with Gasteiger partial charge in [-0.05, 0) is 44.0 Å². The smallest absolute Gasteiger partial charge is 0.239 e. The number of hydrogen-bond acceptors (Lipinski definition) is 7.